The first-order valence-corrected chi connectivity index (χ1v) is 5.15. The van der Waals surface area contributed by atoms with E-state index in [0.29, 0.717) is 5.56 Å². The van der Waals surface area contributed by atoms with Gasteiger partial charge < -0.3 is 0 Å². The minimum atomic E-state index is -0.209. The molecule has 0 spiro atoms. The van der Waals surface area contributed by atoms with Crippen molar-refractivity contribution in [3.05, 3.63) is 47.0 Å². The van der Waals surface area contributed by atoms with Crippen molar-refractivity contribution in [1.29, 1.82) is 0 Å². The van der Waals surface area contributed by atoms with Gasteiger partial charge in [0, 0.05) is 11.1 Å². The zero-order valence-electron chi connectivity index (χ0n) is 9.58. The van der Waals surface area contributed by atoms with Gasteiger partial charge in [-0.1, -0.05) is 12.1 Å². The molecule has 1 aromatic heterocycles. The maximum absolute atomic E-state index is 13.8. The number of aromatic nitrogens is 2. The molecule has 0 N–H and O–H groups in total. The van der Waals surface area contributed by atoms with Crippen LogP contribution in [-0.4, -0.2) is 10.2 Å². The quantitative estimate of drug-likeness (QED) is 0.731. The molecule has 16 heavy (non-hydrogen) atoms. The molecule has 0 unspecified atom stereocenters. The van der Waals surface area contributed by atoms with Crippen molar-refractivity contribution in [2.24, 2.45) is 0 Å². The second kappa shape index (κ2) is 4.00. The molecule has 0 bridgehead atoms. The van der Waals surface area contributed by atoms with E-state index < -0.39 is 0 Å². The molecule has 3 heteroatoms. The standard InChI is InChI=1S/C13H13FN2/c1-8-4-5-11(12(14)6-8)13-9(2)7-15-16-10(13)3/h4-7H,1-3H3. The third kappa shape index (κ3) is 1.81. The highest BCUT2D eigenvalue weighted by Gasteiger charge is 2.11. The van der Waals surface area contributed by atoms with Gasteiger partial charge in [-0.2, -0.15) is 10.2 Å². The molecular weight excluding hydrogens is 203 g/mol. The Bertz CT molecular complexity index is 515. The lowest BCUT2D eigenvalue weighted by Gasteiger charge is -2.09. The topological polar surface area (TPSA) is 25.8 Å². The summed E-state index contributed by atoms with van der Waals surface area (Å²) in [5.41, 5.74) is 4.04. The average Bonchev–Trinajstić information content (AvgIpc) is 2.20. The Hall–Kier alpha value is -1.77. The van der Waals surface area contributed by atoms with Gasteiger partial charge in [0.25, 0.3) is 0 Å². The smallest absolute Gasteiger partial charge is 0.131 e. The zero-order valence-corrected chi connectivity index (χ0v) is 9.58. The van der Waals surface area contributed by atoms with Crippen LogP contribution < -0.4 is 0 Å². The summed E-state index contributed by atoms with van der Waals surface area (Å²) in [5.74, 6) is -0.209. The van der Waals surface area contributed by atoms with E-state index in [2.05, 4.69) is 10.2 Å². The Morgan fingerprint density at radius 3 is 2.50 bits per heavy atom. The molecule has 1 heterocycles. The first-order chi connectivity index (χ1) is 7.59. The Balaban J connectivity index is 2.68. The molecule has 0 aliphatic carbocycles. The van der Waals surface area contributed by atoms with Gasteiger partial charge in [-0.15, -0.1) is 0 Å². The molecule has 2 nitrogen and oxygen atoms in total. The molecule has 82 valence electrons. The summed E-state index contributed by atoms with van der Waals surface area (Å²) in [5, 5.41) is 7.81. The SMILES string of the molecule is Cc1ccc(-c2c(C)cnnc2C)c(F)c1. The normalized spacial score (nSPS) is 10.5. The molecule has 0 amide bonds. The summed E-state index contributed by atoms with van der Waals surface area (Å²) in [6.07, 6.45) is 1.65. The number of aryl methyl sites for hydroxylation is 3. The van der Waals surface area contributed by atoms with E-state index in [4.69, 9.17) is 0 Å². The minimum Gasteiger partial charge on any atom is -0.206 e. The van der Waals surface area contributed by atoms with Crippen LogP contribution in [0.15, 0.2) is 24.4 Å². The van der Waals surface area contributed by atoms with Crippen LogP contribution in [-0.2, 0) is 0 Å². The lowest BCUT2D eigenvalue weighted by atomic mass is 9.99. The molecule has 2 rings (SSSR count). The number of hydrogen-bond donors (Lipinski definition) is 0. The monoisotopic (exact) mass is 216 g/mol. The van der Waals surface area contributed by atoms with Gasteiger partial charge in [0.1, 0.15) is 5.82 Å². The van der Waals surface area contributed by atoms with Crippen molar-refractivity contribution >= 4 is 0 Å². The molecule has 0 radical (unpaired) electrons. The first kappa shape index (κ1) is 10.7. The van der Waals surface area contributed by atoms with Gasteiger partial charge in [-0.3, -0.25) is 0 Å². The summed E-state index contributed by atoms with van der Waals surface area (Å²) >= 11 is 0. The Kier molecular flexibility index (Phi) is 2.69. The zero-order chi connectivity index (χ0) is 11.7. The molecular formula is C13H13FN2. The van der Waals surface area contributed by atoms with E-state index >= 15 is 0 Å². The Morgan fingerprint density at radius 1 is 1.12 bits per heavy atom. The fraction of sp³-hybridized carbons (Fsp3) is 0.231. The van der Waals surface area contributed by atoms with Crippen molar-refractivity contribution in [1.82, 2.24) is 10.2 Å². The third-order valence-corrected chi connectivity index (χ3v) is 2.61. The summed E-state index contributed by atoms with van der Waals surface area (Å²) in [6.45, 7) is 5.63. The molecule has 0 aliphatic rings. The van der Waals surface area contributed by atoms with Crippen LogP contribution in [0.1, 0.15) is 16.8 Å². The average molecular weight is 216 g/mol. The highest BCUT2D eigenvalue weighted by molar-refractivity contribution is 5.69. The second-order valence-corrected chi connectivity index (χ2v) is 3.97. The van der Waals surface area contributed by atoms with Crippen LogP contribution >= 0.6 is 0 Å². The molecule has 2 aromatic rings. The Morgan fingerprint density at radius 2 is 1.88 bits per heavy atom. The van der Waals surface area contributed by atoms with Crippen molar-refractivity contribution in [3.8, 4) is 11.1 Å². The van der Waals surface area contributed by atoms with E-state index in [1.54, 1.807) is 12.3 Å². The van der Waals surface area contributed by atoms with Crippen LogP contribution in [0.3, 0.4) is 0 Å². The maximum atomic E-state index is 13.8. The number of rotatable bonds is 1. The lowest BCUT2D eigenvalue weighted by Crippen LogP contribution is -1.96. The molecule has 0 fully saturated rings. The van der Waals surface area contributed by atoms with E-state index in [0.717, 1.165) is 22.4 Å². The number of nitrogens with zero attached hydrogens (tertiary/aromatic N) is 2. The third-order valence-electron chi connectivity index (χ3n) is 2.61. The van der Waals surface area contributed by atoms with Crippen LogP contribution in [0.2, 0.25) is 0 Å². The molecule has 1 aromatic carbocycles. The molecule has 0 aliphatic heterocycles. The van der Waals surface area contributed by atoms with Gasteiger partial charge in [0.05, 0.1) is 11.9 Å². The fourth-order valence-electron chi connectivity index (χ4n) is 1.83. The predicted octanol–water partition coefficient (Wildman–Crippen LogP) is 3.21. The van der Waals surface area contributed by atoms with Crippen LogP contribution in [0.25, 0.3) is 11.1 Å². The molecule has 0 atom stereocenters. The summed E-state index contributed by atoms with van der Waals surface area (Å²) < 4.78 is 13.8. The summed E-state index contributed by atoms with van der Waals surface area (Å²) in [6, 6.07) is 5.23. The van der Waals surface area contributed by atoms with Crippen LogP contribution in [0.5, 0.6) is 0 Å². The molecule has 0 saturated carbocycles. The highest BCUT2D eigenvalue weighted by Crippen LogP contribution is 2.27. The van der Waals surface area contributed by atoms with Gasteiger partial charge in [-0.25, -0.2) is 4.39 Å². The van der Waals surface area contributed by atoms with E-state index in [1.807, 2.05) is 26.8 Å². The predicted molar refractivity (Wildman–Crippen MR) is 61.6 cm³/mol. The van der Waals surface area contributed by atoms with Crippen LogP contribution in [0, 0.1) is 26.6 Å². The summed E-state index contributed by atoms with van der Waals surface area (Å²) in [7, 11) is 0. The van der Waals surface area contributed by atoms with Crippen molar-refractivity contribution in [2.45, 2.75) is 20.8 Å². The van der Waals surface area contributed by atoms with Crippen molar-refractivity contribution < 1.29 is 4.39 Å². The van der Waals surface area contributed by atoms with Gasteiger partial charge in [0.15, 0.2) is 0 Å². The minimum absolute atomic E-state index is 0.209. The second-order valence-electron chi connectivity index (χ2n) is 3.97. The van der Waals surface area contributed by atoms with E-state index in [1.165, 1.54) is 6.07 Å². The number of hydrogen-bond acceptors (Lipinski definition) is 2. The Labute approximate surface area is 94.2 Å². The van der Waals surface area contributed by atoms with E-state index in [9.17, 15) is 4.39 Å². The van der Waals surface area contributed by atoms with Gasteiger partial charge in [-0.05, 0) is 38.0 Å². The van der Waals surface area contributed by atoms with Crippen molar-refractivity contribution in [2.75, 3.05) is 0 Å². The fourth-order valence-corrected chi connectivity index (χ4v) is 1.83. The number of benzene rings is 1. The van der Waals surface area contributed by atoms with Gasteiger partial charge in [0.2, 0.25) is 0 Å². The highest BCUT2D eigenvalue weighted by atomic mass is 19.1. The van der Waals surface area contributed by atoms with Crippen LogP contribution in [0.4, 0.5) is 4.39 Å². The number of halogens is 1. The maximum Gasteiger partial charge on any atom is 0.131 e. The van der Waals surface area contributed by atoms with E-state index in [-0.39, 0.29) is 5.82 Å². The summed E-state index contributed by atoms with van der Waals surface area (Å²) in [4.78, 5) is 0. The first-order valence-electron chi connectivity index (χ1n) is 5.15. The molecule has 0 saturated heterocycles. The largest absolute Gasteiger partial charge is 0.206 e. The van der Waals surface area contributed by atoms with Crippen molar-refractivity contribution in [3.63, 3.8) is 0 Å². The van der Waals surface area contributed by atoms with Gasteiger partial charge >= 0.3 is 0 Å². The lowest BCUT2D eigenvalue weighted by molar-refractivity contribution is 0.629.